The fraction of sp³-hybridized carbons (Fsp3) is 0. The van der Waals surface area contributed by atoms with Crippen LogP contribution in [-0.4, -0.2) is 9.13 Å². The minimum Gasteiger partial charge on any atom is -0.318 e. The van der Waals surface area contributed by atoms with E-state index >= 15 is 0 Å². The second kappa shape index (κ2) is 15.7. The lowest BCUT2D eigenvalue weighted by Gasteiger charge is -2.26. The average Bonchev–Trinajstić information content (AvgIpc) is 4.35. The van der Waals surface area contributed by atoms with Crippen LogP contribution in [0.25, 0.3) is 163 Å². The molecule has 350 valence electrons. The summed E-state index contributed by atoms with van der Waals surface area (Å²) in [6.07, 6.45) is 0. The lowest BCUT2D eigenvalue weighted by Crippen LogP contribution is -2.09. The Kier molecular flexibility index (Phi) is 8.73. The van der Waals surface area contributed by atoms with Crippen molar-refractivity contribution in [3.05, 3.63) is 223 Å². The number of nitriles is 1. The molecule has 0 N–H and O–H groups in total. The van der Waals surface area contributed by atoms with Gasteiger partial charge >= 0.3 is 0 Å². The van der Waals surface area contributed by atoms with Crippen molar-refractivity contribution in [1.82, 2.24) is 9.13 Å². The Morgan fingerprint density at radius 2 is 0.711 bits per heavy atom. The highest BCUT2D eigenvalue weighted by atomic mass is 32.1. The predicted octanol–water partition coefficient (Wildman–Crippen LogP) is 21.1. The van der Waals surface area contributed by atoms with Crippen LogP contribution < -0.4 is 0 Å². The van der Waals surface area contributed by atoms with Gasteiger partial charge in [0.1, 0.15) is 6.07 Å². The number of thiophene rings is 4. The molecule has 8 heteroatoms. The van der Waals surface area contributed by atoms with Crippen LogP contribution >= 0.6 is 45.3 Å². The fourth-order valence-corrected chi connectivity index (χ4v) is 17.7. The Morgan fingerprint density at radius 3 is 1.16 bits per heavy atom. The molecule has 6 heterocycles. The molecule has 76 heavy (non-hydrogen) atoms. The van der Waals surface area contributed by atoms with Gasteiger partial charge in [-0.15, -0.1) is 45.3 Å². The molecule has 0 aliphatic heterocycles. The zero-order chi connectivity index (χ0) is 49.9. The Hall–Kier alpha value is -9.12. The molecule has 0 saturated carbocycles. The van der Waals surface area contributed by atoms with Crippen molar-refractivity contribution in [3.8, 4) is 39.7 Å². The topological polar surface area (TPSA) is 38.0 Å². The molecule has 0 amide bonds. The number of fused-ring (bicyclic) bond motifs is 20. The SMILES string of the molecule is [C-]#[N+]c1c(-c2cccc3c2sc2ccccc23)c(C#N)c(-n2c3ccccc3c3c4sc5ccccc5c4ccc32)c(-c2cccc3c2sc2ccccc23)c1-n1c2ccccc2c2c3sc4ccccc4c3ccc21. The van der Waals surface area contributed by atoms with E-state index in [0.29, 0.717) is 16.8 Å². The molecule has 0 radical (unpaired) electrons. The van der Waals surface area contributed by atoms with Gasteiger partial charge in [0.2, 0.25) is 5.69 Å². The van der Waals surface area contributed by atoms with Gasteiger partial charge in [-0.05, 0) is 54.1 Å². The molecule has 17 rings (SSSR count). The molecule has 0 atom stereocenters. The third-order valence-corrected chi connectivity index (χ3v) is 20.6. The first-order valence-electron chi connectivity index (χ1n) is 25.2. The number of para-hydroxylation sites is 2. The molecule has 4 nitrogen and oxygen atoms in total. The van der Waals surface area contributed by atoms with E-state index in [1.807, 2.05) is 22.7 Å². The number of rotatable bonds is 4. The standard InChI is InChI=1S/C68H34N4S4/c1-70-62-58(47-24-14-22-41-37-16-4-10-28-54(37)73-65(41)47)49(36-69)63(71-50-26-8-2-20-45(50)59-52(71)34-32-43-39-18-6-12-30-56(39)75-67(43)59)61(48-25-15-23-42-38-17-5-11-29-55(38)74-66(42)48)64(62)72-51-27-9-3-21-46(51)60-53(72)35-33-44-40-19-7-13-31-57(40)76-68(44)60/h2-35H. The molecule has 0 saturated heterocycles. The quantitative estimate of drug-likeness (QED) is 0.162. The summed E-state index contributed by atoms with van der Waals surface area (Å²) in [5.74, 6) is 0. The van der Waals surface area contributed by atoms with Crippen LogP contribution in [-0.2, 0) is 0 Å². The van der Waals surface area contributed by atoms with Crippen LogP contribution in [0.1, 0.15) is 5.56 Å². The number of nitrogens with zero attached hydrogens (tertiary/aromatic N) is 4. The van der Waals surface area contributed by atoms with Crippen LogP contribution in [0.3, 0.4) is 0 Å². The van der Waals surface area contributed by atoms with Crippen molar-refractivity contribution in [2.24, 2.45) is 0 Å². The van der Waals surface area contributed by atoms with Gasteiger partial charge in [0.25, 0.3) is 0 Å². The van der Waals surface area contributed by atoms with Crippen LogP contribution in [0.5, 0.6) is 0 Å². The summed E-state index contributed by atoms with van der Waals surface area (Å²) in [6.45, 7) is 9.75. The predicted molar refractivity (Wildman–Crippen MR) is 329 cm³/mol. The van der Waals surface area contributed by atoms with Gasteiger partial charge in [0.05, 0.1) is 45.6 Å². The first-order chi connectivity index (χ1) is 37.7. The molecule has 0 spiro atoms. The Labute approximate surface area is 449 Å². The second-order valence-corrected chi connectivity index (χ2v) is 23.7. The summed E-state index contributed by atoms with van der Waals surface area (Å²) < 4.78 is 14.2. The van der Waals surface area contributed by atoms with Gasteiger partial charge in [-0.2, -0.15) is 5.26 Å². The summed E-state index contributed by atoms with van der Waals surface area (Å²) in [4.78, 5) is 4.79. The van der Waals surface area contributed by atoms with Crippen LogP contribution in [0.2, 0.25) is 0 Å². The molecule has 0 aliphatic carbocycles. The van der Waals surface area contributed by atoms with E-state index in [1.54, 1.807) is 22.7 Å². The Morgan fingerprint density at radius 1 is 0.342 bits per heavy atom. The summed E-state index contributed by atoms with van der Waals surface area (Å²) in [7, 11) is 0. The van der Waals surface area contributed by atoms with E-state index in [2.05, 4.69) is 221 Å². The van der Waals surface area contributed by atoms with Gasteiger partial charge in [-0.3, -0.25) is 0 Å². The minimum absolute atomic E-state index is 0.435. The van der Waals surface area contributed by atoms with E-state index < -0.39 is 0 Å². The van der Waals surface area contributed by atoms with Crippen molar-refractivity contribution in [3.63, 3.8) is 0 Å². The third-order valence-electron chi connectivity index (χ3n) is 15.8. The molecular formula is C68H34N4S4. The number of hydrogen-bond donors (Lipinski definition) is 0. The Balaban J connectivity index is 1.16. The van der Waals surface area contributed by atoms with Gasteiger partial charge in [-0.1, -0.05) is 158 Å². The zero-order valence-corrected chi connectivity index (χ0v) is 43.3. The van der Waals surface area contributed by atoms with Gasteiger partial charge in [0.15, 0.2) is 0 Å². The van der Waals surface area contributed by atoms with E-state index in [-0.39, 0.29) is 0 Å². The first kappa shape index (κ1) is 42.3. The largest absolute Gasteiger partial charge is 0.318 e. The summed E-state index contributed by atoms with van der Waals surface area (Å²) in [5.41, 5.74) is 9.71. The third kappa shape index (κ3) is 5.53. The van der Waals surface area contributed by atoms with Crippen LogP contribution in [0.4, 0.5) is 5.69 Å². The molecule has 0 bridgehead atoms. The monoisotopic (exact) mass is 1030 g/mol. The lowest BCUT2D eigenvalue weighted by molar-refractivity contribution is 1.14. The maximum Gasteiger partial charge on any atom is 0.220 e. The normalized spacial score (nSPS) is 12.2. The van der Waals surface area contributed by atoms with Crippen molar-refractivity contribution >= 4 is 175 Å². The lowest BCUT2D eigenvalue weighted by atomic mass is 9.87. The van der Waals surface area contributed by atoms with Crippen molar-refractivity contribution < 1.29 is 0 Å². The van der Waals surface area contributed by atoms with Crippen molar-refractivity contribution in [2.75, 3.05) is 0 Å². The maximum absolute atomic E-state index is 12.5. The van der Waals surface area contributed by atoms with E-state index in [1.165, 1.54) is 50.4 Å². The summed E-state index contributed by atoms with van der Waals surface area (Å²) in [5, 5.41) is 26.5. The summed E-state index contributed by atoms with van der Waals surface area (Å²) in [6, 6.07) is 77.1. The molecule has 0 fully saturated rings. The zero-order valence-electron chi connectivity index (χ0n) is 40.1. The smallest absolute Gasteiger partial charge is 0.220 e. The van der Waals surface area contributed by atoms with Crippen molar-refractivity contribution in [1.29, 1.82) is 5.26 Å². The first-order valence-corrected chi connectivity index (χ1v) is 28.4. The van der Waals surface area contributed by atoms with Crippen molar-refractivity contribution in [2.45, 2.75) is 0 Å². The highest BCUT2D eigenvalue weighted by Gasteiger charge is 2.34. The van der Waals surface area contributed by atoms with Crippen LogP contribution in [0, 0.1) is 17.9 Å². The highest BCUT2D eigenvalue weighted by Crippen LogP contribution is 2.57. The fourth-order valence-electron chi connectivity index (χ4n) is 12.7. The molecule has 0 unspecified atom stereocenters. The average molecular weight is 1040 g/mol. The Bertz CT molecular complexity index is 5300. The summed E-state index contributed by atoms with van der Waals surface area (Å²) >= 11 is 7.16. The van der Waals surface area contributed by atoms with E-state index in [0.717, 1.165) is 102 Å². The second-order valence-electron chi connectivity index (χ2n) is 19.5. The number of benzene rings is 11. The maximum atomic E-state index is 12.5. The number of aromatic nitrogens is 2. The molecule has 17 aromatic rings. The minimum atomic E-state index is 0.435. The molecule has 0 aliphatic rings. The highest BCUT2D eigenvalue weighted by molar-refractivity contribution is 7.28. The van der Waals surface area contributed by atoms with E-state index in [4.69, 9.17) is 4.85 Å². The van der Waals surface area contributed by atoms with Gasteiger partial charge in [-0.25, -0.2) is 4.85 Å². The van der Waals surface area contributed by atoms with Gasteiger partial charge < -0.3 is 9.13 Å². The molecule has 6 aromatic heterocycles. The van der Waals surface area contributed by atoms with Gasteiger partial charge in [0, 0.05) is 119 Å². The molecule has 11 aromatic carbocycles. The number of hydrogen-bond acceptors (Lipinski definition) is 5. The van der Waals surface area contributed by atoms with E-state index in [9.17, 15) is 11.8 Å². The van der Waals surface area contributed by atoms with Crippen LogP contribution in [0.15, 0.2) is 206 Å². The molecular weight excluding hydrogens is 1000 g/mol.